The van der Waals surface area contributed by atoms with Gasteiger partial charge in [0.1, 0.15) is 22.6 Å². The Hall–Kier alpha value is -2.55. The van der Waals surface area contributed by atoms with Crippen LogP contribution in [-0.2, 0) is 5.41 Å². The van der Waals surface area contributed by atoms with Crippen LogP contribution in [0.5, 0.6) is 0 Å². The van der Waals surface area contributed by atoms with Crippen molar-refractivity contribution in [1.29, 1.82) is 0 Å². The number of pyridine rings is 1. The number of nitrogens with zero attached hydrogens (tertiary/aromatic N) is 3. The van der Waals surface area contributed by atoms with E-state index in [4.69, 9.17) is 11.6 Å². The molecule has 164 valence electrons. The van der Waals surface area contributed by atoms with Crippen LogP contribution in [0.4, 0.5) is 27.8 Å². The van der Waals surface area contributed by atoms with Gasteiger partial charge >= 0.3 is 0 Å². The number of aryl methyl sites for hydroxylation is 1. The molecule has 1 saturated carbocycles. The number of rotatable bonds is 6. The summed E-state index contributed by atoms with van der Waals surface area (Å²) in [6, 6.07) is 4.51. The third kappa shape index (κ3) is 3.79. The van der Waals surface area contributed by atoms with Crippen molar-refractivity contribution in [1.82, 2.24) is 15.0 Å². The SMILES string of the molecule is Cc1nc(N[C@H](C)c2cccc(C(F)F)c2F)c2cc(C3(C(F)F)CC3)c(Cl)nc2n1. The van der Waals surface area contributed by atoms with Crippen LogP contribution >= 0.6 is 11.6 Å². The maximum atomic E-state index is 14.6. The van der Waals surface area contributed by atoms with Crippen molar-refractivity contribution in [2.24, 2.45) is 0 Å². The molecule has 0 bridgehead atoms. The average molecular weight is 457 g/mol. The van der Waals surface area contributed by atoms with Crippen LogP contribution in [0.3, 0.4) is 0 Å². The van der Waals surface area contributed by atoms with Gasteiger partial charge in [-0.05, 0) is 32.8 Å². The van der Waals surface area contributed by atoms with Gasteiger partial charge in [-0.1, -0.05) is 29.8 Å². The third-order valence-electron chi connectivity index (χ3n) is 5.61. The van der Waals surface area contributed by atoms with E-state index in [0.29, 0.717) is 11.2 Å². The highest BCUT2D eigenvalue weighted by atomic mass is 35.5. The Bertz CT molecular complexity index is 1150. The fourth-order valence-electron chi connectivity index (χ4n) is 3.69. The first kappa shape index (κ1) is 21.7. The number of fused-ring (bicyclic) bond motifs is 1. The summed E-state index contributed by atoms with van der Waals surface area (Å²) >= 11 is 6.20. The van der Waals surface area contributed by atoms with Gasteiger partial charge in [-0.15, -0.1) is 0 Å². The lowest BCUT2D eigenvalue weighted by molar-refractivity contribution is 0.102. The highest BCUT2D eigenvalue weighted by Gasteiger charge is 2.54. The maximum Gasteiger partial charge on any atom is 0.266 e. The van der Waals surface area contributed by atoms with Gasteiger partial charge in [0.25, 0.3) is 6.43 Å². The lowest BCUT2D eigenvalue weighted by atomic mass is 9.97. The summed E-state index contributed by atoms with van der Waals surface area (Å²) in [5.74, 6) is -0.452. The van der Waals surface area contributed by atoms with Gasteiger partial charge in [-0.2, -0.15) is 0 Å². The fraction of sp³-hybridized carbons (Fsp3) is 0.381. The van der Waals surface area contributed by atoms with Crippen molar-refractivity contribution < 1.29 is 22.0 Å². The van der Waals surface area contributed by atoms with Crippen molar-refractivity contribution in [2.75, 3.05) is 5.32 Å². The van der Waals surface area contributed by atoms with Crippen LogP contribution in [-0.4, -0.2) is 21.4 Å². The molecular formula is C21H18ClF5N4. The molecule has 31 heavy (non-hydrogen) atoms. The monoisotopic (exact) mass is 456 g/mol. The molecule has 0 unspecified atom stereocenters. The van der Waals surface area contributed by atoms with Crippen LogP contribution in [0.2, 0.25) is 5.15 Å². The van der Waals surface area contributed by atoms with E-state index in [1.165, 1.54) is 18.2 Å². The van der Waals surface area contributed by atoms with Crippen molar-refractivity contribution in [3.63, 3.8) is 0 Å². The molecular weight excluding hydrogens is 439 g/mol. The zero-order chi connectivity index (χ0) is 22.5. The van der Waals surface area contributed by atoms with E-state index in [-0.39, 0.29) is 40.6 Å². The zero-order valence-corrected chi connectivity index (χ0v) is 17.3. The molecule has 10 heteroatoms. The predicted octanol–water partition coefficient (Wildman–Crippen LogP) is 6.53. The Balaban J connectivity index is 1.78. The summed E-state index contributed by atoms with van der Waals surface area (Å²) in [5.41, 5.74) is -1.61. The smallest absolute Gasteiger partial charge is 0.266 e. The number of nitrogens with one attached hydrogen (secondary N) is 1. The standard InChI is InChI=1S/C21H18ClF5N4/c1-9(11-4-3-5-12(15(11)23)17(24)25)28-18-13-8-14(21(6-7-21)20(26)27)16(22)31-19(13)30-10(2)29-18/h3-5,8-9,17,20H,6-7H2,1-2H3,(H,28,29,30,31)/t9-/m1/s1. The minimum atomic E-state index is -2.95. The second-order valence-electron chi connectivity index (χ2n) is 7.69. The molecule has 2 heterocycles. The van der Waals surface area contributed by atoms with E-state index in [1.54, 1.807) is 13.8 Å². The van der Waals surface area contributed by atoms with Crippen LogP contribution in [0.15, 0.2) is 24.3 Å². The van der Waals surface area contributed by atoms with Crippen molar-refractivity contribution in [3.05, 3.63) is 57.8 Å². The number of alkyl halides is 4. The van der Waals surface area contributed by atoms with Crippen LogP contribution in [0.1, 0.15) is 54.7 Å². The number of hydrogen-bond acceptors (Lipinski definition) is 4. The van der Waals surface area contributed by atoms with Crippen LogP contribution in [0.25, 0.3) is 11.0 Å². The second kappa shape index (κ2) is 7.85. The van der Waals surface area contributed by atoms with E-state index < -0.39 is 35.7 Å². The summed E-state index contributed by atoms with van der Waals surface area (Å²) in [6.07, 6.45) is -4.98. The summed E-state index contributed by atoms with van der Waals surface area (Å²) in [4.78, 5) is 12.7. The van der Waals surface area contributed by atoms with Gasteiger partial charge in [0.2, 0.25) is 6.43 Å². The van der Waals surface area contributed by atoms with Gasteiger partial charge in [0.05, 0.1) is 22.4 Å². The largest absolute Gasteiger partial charge is 0.363 e. The molecule has 3 aromatic rings. The Morgan fingerprint density at radius 3 is 2.35 bits per heavy atom. The van der Waals surface area contributed by atoms with Gasteiger partial charge in [0, 0.05) is 11.1 Å². The number of hydrogen-bond donors (Lipinski definition) is 1. The highest BCUT2D eigenvalue weighted by Crippen LogP contribution is 2.54. The van der Waals surface area contributed by atoms with Gasteiger partial charge < -0.3 is 5.32 Å². The molecule has 1 aromatic carbocycles. The lowest BCUT2D eigenvalue weighted by Gasteiger charge is -2.20. The molecule has 0 saturated heterocycles. The number of benzene rings is 1. The van der Waals surface area contributed by atoms with Gasteiger partial charge in [0.15, 0.2) is 5.65 Å². The molecule has 0 spiro atoms. The molecule has 4 nitrogen and oxygen atoms in total. The number of anilines is 1. The van der Waals surface area contributed by atoms with Crippen LogP contribution in [0, 0.1) is 12.7 Å². The van der Waals surface area contributed by atoms with Gasteiger partial charge in [-0.25, -0.2) is 36.9 Å². The first-order valence-electron chi connectivity index (χ1n) is 9.60. The molecule has 0 aliphatic heterocycles. The Morgan fingerprint density at radius 2 is 1.74 bits per heavy atom. The van der Waals surface area contributed by atoms with E-state index >= 15 is 0 Å². The summed E-state index contributed by atoms with van der Waals surface area (Å²) < 4.78 is 68.0. The first-order chi connectivity index (χ1) is 14.6. The van der Waals surface area contributed by atoms with E-state index in [9.17, 15) is 22.0 Å². The second-order valence-corrected chi connectivity index (χ2v) is 8.05. The minimum Gasteiger partial charge on any atom is -0.363 e. The normalized spacial score (nSPS) is 16.2. The highest BCUT2D eigenvalue weighted by molar-refractivity contribution is 6.30. The Labute approximate surface area is 179 Å². The molecule has 0 amide bonds. The van der Waals surface area contributed by atoms with Crippen molar-refractivity contribution >= 4 is 28.5 Å². The molecule has 4 rings (SSSR count). The maximum absolute atomic E-state index is 14.6. The molecule has 1 fully saturated rings. The molecule has 1 aliphatic carbocycles. The molecule has 1 atom stereocenters. The topological polar surface area (TPSA) is 50.7 Å². The van der Waals surface area contributed by atoms with Crippen LogP contribution < -0.4 is 5.32 Å². The molecule has 1 N–H and O–H groups in total. The minimum absolute atomic E-state index is 0.0237. The molecule has 1 aliphatic rings. The third-order valence-corrected chi connectivity index (χ3v) is 5.90. The average Bonchev–Trinajstić information content (AvgIpc) is 3.49. The quantitative estimate of drug-likeness (QED) is 0.338. The van der Waals surface area contributed by atoms with E-state index in [0.717, 1.165) is 6.07 Å². The predicted molar refractivity (Wildman–Crippen MR) is 107 cm³/mol. The lowest BCUT2D eigenvalue weighted by Crippen LogP contribution is -2.19. The van der Waals surface area contributed by atoms with Crippen molar-refractivity contribution in [3.8, 4) is 0 Å². The zero-order valence-electron chi connectivity index (χ0n) is 16.6. The van der Waals surface area contributed by atoms with Gasteiger partial charge in [-0.3, -0.25) is 0 Å². The number of aromatic nitrogens is 3. The molecule has 2 aromatic heterocycles. The summed E-state index contributed by atoms with van der Waals surface area (Å²) in [7, 11) is 0. The van der Waals surface area contributed by atoms with Crippen molar-refractivity contribution in [2.45, 2.75) is 51.0 Å². The molecule has 0 radical (unpaired) electrons. The Kier molecular flexibility index (Phi) is 5.49. The Morgan fingerprint density at radius 1 is 1.06 bits per heavy atom. The number of halogens is 6. The van der Waals surface area contributed by atoms with E-state index in [1.807, 2.05) is 0 Å². The van der Waals surface area contributed by atoms with E-state index in [2.05, 4.69) is 20.3 Å². The summed E-state index contributed by atoms with van der Waals surface area (Å²) in [6.45, 7) is 3.20. The fourth-order valence-corrected chi connectivity index (χ4v) is 4.02. The first-order valence-corrected chi connectivity index (χ1v) is 9.98. The summed E-state index contributed by atoms with van der Waals surface area (Å²) in [5, 5.41) is 3.29.